The number of rotatable bonds is 5. The Labute approximate surface area is 73.6 Å². The summed E-state index contributed by atoms with van der Waals surface area (Å²) in [5.74, 6) is 0. The third-order valence-corrected chi connectivity index (χ3v) is 2.26. The zero-order valence-electron chi connectivity index (χ0n) is 8.49. The topological polar surface area (TPSA) is 24.1 Å². The van der Waals surface area contributed by atoms with Gasteiger partial charge in [0.15, 0.2) is 0 Å². The highest BCUT2D eigenvalue weighted by atomic mass is 28.1. The van der Waals surface area contributed by atoms with E-state index in [2.05, 4.69) is 38.3 Å². The first-order chi connectivity index (χ1) is 5.02. The lowest BCUT2D eigenvalue weighted by molar-refractivity contribution is 0.362. The molecule has 0 heterocycles. The lowest BCUT2D eigenvalue weighted by Gasteiger charge is -2.31. The summed E-state index contributed by atoms with van der Waals surface area (Å²) in [6, 6.07) is 0. The van der Waals surface area contributed by atoms with Crippen LogP contribution >= 0.6 is 0 Å². The van der Waals surface area contributed by atoms with E-state index < -0.39 is 0 Å². The molecule has 0 spiro atoms. The molecule has 0 unspecified atom stereocenters. The maximum atomic E-state index is 3.45. The van der Waals surface area contributed by atoms with Crippen LogP contribution in [0.5, 0.6) is 0 Å². The van der Waals surface area contributed by atoms with Gasteiger partial charge in [-0.25, -0.2) is 0 Å². The molecule has 0 atom stereocenters. The summed E-state index contributed by atoms with van der Waals surface area (Å²) in [6.07, 6.45) is 0.490. The van der Waals surface area contributed by atoms with E-state index in [1.54, 1.807) is 0 Å². The zero-order valence-corrected chi connectivity index (χ0v) is 10.5. The molecule has 0 aliphatic carbocycles. The van der Waals surface area contributed by atoms with Crippen molar-refractivity contribution in [3.8, 4) is 0 Å². The molecule has 2 N–H and O–H groups in total. The second-order valence-corrected chi connectivity index (χ2v) is 6.49. The minimum Gasteiger partial charge on any atom is -0.302 e. The molecular formula is C8H22N2Si. The molecule has 0 fully saturated rings. The summed E-state index contributed by atoms with van der Waals surface area (Å²) in [7, 11) is 1.21. The van der Waals surface area contributed by atoms with Gasteiger partial charge in [0, 0.05) is 10.2 Å². The third-order valence-electron chi connectivity index (χ3n) is 1.68. The van der Waals surface area contributed by atoms with E-state index in [-0.39, 0.29) is 0 Å². The van der Waals surface area contributed by atoms with Crippen molar-refractivity contribution in [3.63, 3.8) is 0 Å². The van der Waals surface area contributed by atoms with Gasteiger partial charge in [-0.15, -0.1) is 0 Å². The van der Waals surface area contributed by atoms with Crippen molar-refractivity contribution >= 4 is 10.2 Å². The van der Waals surface area contributed by atoms with Crippen LogP contribution in [0.3, 0.4) is 0 Å². The molecule has 0 aromatic rings. The van der Waals surface area contributed by atoms with Gasteiger partial charge in [0.2, 0.25) is 0 Å². The molecule has 2 nitrogen and oxygen atoms in total. The number of hydrogen-bond donors (Lipinski definition) is 2. The van der Waals surface area contributed by atoms with E-state index in [4.69, 9.17) is 0 Å². The fraction of sp³-hybridized carbons (Fsp3) is 1.00. The smallest absolute Gasteiger partial charge is 0.0590 e. The van der Waals surface area contributed by atoms with Crippen molar-refractivity contribution in [1.29, 1.82) is 0 Å². The van der Waals surface area contributed by atoms with Gasteiger partial charge in [-0.3, -0.25) is 0 Å². The zero-order chi connectivity index (χ0) is 8.91. The third kappa shape index (κ3) is 4.56. The van der Waals surface area contributed by atoms with Crippen molar-refractivity contribution < 1.29 is 0 Å². The maximum absolute atomic E-state index is 3.45. The summed E-state index contributed by atoms with van der Waals surface area (Å²) >= 11 is 0. The second kappa shape index (κ2) is 4.90. The van der Waals surface area contributed by atoms with Gasteiger partial charge in [0.1, 0.15) is 0 Å². The SMILES string of the molecule is CCNC(NCC)C(C)(C)[SiH3]. The molecular weight excluding hydrogens is 152 g/mol. The van der Waals surface area contributed by atoms with Gasteiger partial charge in [-0.1, -0.05) is 27.7 Å². The normalized spacial score (nSPS) is 12.8. The Morgan fingerprint density at radius 3 is 1.73 bits per heavy atom. The first-order valence-electron chi connectivity index (χ1n) is 4.49. The fourth-order valence-corrected chi connectivity index (χ4v) is 1.50. The molecule has 3 heteroatoms. The van der Waals surface area contributed by atoms with E-state index in [1.165, 1.54) is 10.2 Å². The summed E-state index contributed by atoms with van der Waals surface area (Å²) in [5.41, 5.74) is 0. The van der Waals surface area contributed by atoms with Crippen LogP contribution in [-0.2, 0) is 0 Å². The van der Waals surface area contributed by atoms with Crippen LogP contribution in [0.15, 0.2) is 0 Å². The molecule has 0 amide bonds. The minimum absolute atomic E-state index is 0.437. The summed E-state index contributed by atoms with van der Waals surface area (Å²) in [4.78, 5) is 0. The Bertz CT molecular complexity index is 92.8. The molecule has 0 radical (unpaired) electrons. The largest absolute Gasteiger partial charge is 0.302 e. The monoisotopic (exact) mass is 174 g/mol. The minimum atomic E-state index is 0.437. The quantitative estimate of drug-likeness (QED) is 0.456. The Kier molecular flexibility index (Phi) is 4.96. The molecule has 68 valence electrons. The molecule has 0 rings (SSSR count). The van der Waals surface area contributed by atoms with Crippen LogP contribution in [0.2, 0.25) is 5.04 Å². The van der Waals surface area contributed by atoms with Crippen LogP contribution in [0.25, 0.3) is 0 Å². The molecule has 11 heavy (non-hydrogen) atoms. The Morgan fingerprint density at radius 1 is 1.18 bits per heavy atom. The van der Waals surface area contributed by atoms with Gasteiger partial charge in [-0.2, -0.15) is 0 Å². The standard InChI is InChI=1S/C8H22N2Si/c1-5-9-7(10-6-2)8(3,4)11/h7,9-10H,5-6H2,1-4,11H3. The number of nitrogens with one attached hydrogen (secondary N) is 2. The predicted molar refractivity (Wildman–Crippen MR) is 55.1 cm³/mol. The average Bonchev–Trinajstić information content (AvgIpc) is 1.85. The lowest BCUT2D eigenvalue weighted by atomic mass is 10.1. The van der Waals surface area contributed by atoms with Crippen LogP contribution in [-0.4, -0.2) is 29.5 Å². The highest BCUT2D eigenvalue weighted by molar-refractivity contribution is 6.15. The Balaban J connectivity index is 3.88. The van der Waals surface area contributed by atoms with Crippen LogP contribution in [0, 0.1) is 0 Å². The molecule has 0 bridgehead atoms. The summed E-state index contributed by atoms with van der Waals surface area (Å²) < 4.78 is 0. The average molecular weight is 174 g/mol. The molecule has 0 aliphatic heterocycles. The molecule has 0 aromatic carbocycles. The van der Waals surface area contributed by atoms with Gasteiger partial charge in [-0.05, 0) is 18.1 Å². The van der Waals surface area contributed by atoms with Gasteiger partial charge >= 0.3 is 0 Å². The van der Waals surface area contributed by atoms with E-state index in [0.29, 0.717) is 11.2 Å². The van der Waals surface area contributed by atoms with Crippen molar-refractivity contribution in [2.24, 2.45) is 0 Å². The summed E-state index contributed by atoms with van der Waals surface area (Å²) in [6.45, 7) is 11.0. The molecule has 0 aliphatic rings. The van der Waals surface area contributed by atoms with Crippen LogP contribution < -0.4 is 10.6 Å². The Morgan fingerprint density at radius 2 is 1.55 bits per heavy atom. The van der Waals surface area contributed by atoms with Crippen molar-refractivity contribution in [2.75, 3.05) is 13.1 Å². The summed E-state index contributed by atoms with van der Waals surface area (Å²) in [5, 5.41) is 7.33. The first kappa shape index (κ1) is 11.1. The van der Waals surface area contributed by atoms with Gasteiger partial charge < -0.3 is 10.6 Å². The highest BCUT2D eigenvalue weighted by Crippen LogP contribution is 2.21. The lowest BCUT2D eigenvalue weighted by Crippen LogP contribution is -2.49. The van der Waals surface area contributed by atoms with E-state index in [9.17, 15) is 0 Å². The number of hydrogen-bond acceptors (Lipinski definition) is 2. The Hall–Kier alpha value is 0.137. The second-order valence-electron chi connectivity index (χ2n) is 3.91. The maximum Gasteiger partial charge on any atom is 0.0590 e. The van der Waals surface area contributed by atoms with Gasteiger partial charge in [0.05, 0.1) is 6.17 Å². The first-order valence-corrected chi connectivity index (χ1v) is 5.49. The molecule has 0 saturated heterocycles. The van der Waals surface area contributed by atoms with Gasteiger partial charge in [0.25, 0.3) is 0 Å². The molecule has 0 saturated carbocycles. The molecule has 0 aromatic heterocycles. The highest BCUT2D eigenvalue weighted by Gasteiger charge is 2.21. The van der Waals surface area contributed by atoms with E-state index in [0.717, 1.165) is 13.1 Å². The van der Waals surface area contributed by atoms with E-state index in [1.807, 2.05) is 0 Å². The van der Waals surface area contributed by atoms with E-state index >= 15 is 0 Å². The predicted octanol–water partition coefficient (Wildman–Crippen LogP) is 0.0954. The van der Waals surface area contributed by atoms with Crippen molar-refractivity contribution in [3.05, 3.63) is 0 Å². The van der Waals surface area contributed by atoms with Crippen LogP contribution in [0.1, 0.15) is 27.7 Å². The fourth-order valence-electron chi connectivity index (χ4n) is 1.09. The van der Waals surface area contributed by atoms with Crippen molar-refractivity contribution in [2.45, 2.75) is 38.9 Å². The van der Waals surface area contributed by atoms with Crippen molar-refractivity contribution in [1.82, 2.24) is 10.6 Å². The van der Waals surface area contributed by atoms with Crippen LogP contribution in [0.4, 0.5) is 0 Å².